The highest BCUT2D eigenvalue weighted by atomic mass is 35.5. The molecular formula is C31H37ClN2O2S. The minimum absolute atomic E-state index is 0.0109. The van der Waals surface area contributed by atoms with Crippen LogP contribution in [0.5, 0.6) is 0 Å². The number of halogens is 1. The van der Waals surface area contributed by atoms with Crippen LogP contribution in [0.2, 0.25) is 5.02 Å². The van der Waals surface area contributed by atoms with Crippen LogP contribution in [0.3, 0.4) is 0 Å². The summed E-state index contributed by atoms with van der Waals surface area (Å²) >= 11 is 7.69. The van der Waals surface area contributed by atoms with E-state index in [-0.39, 0.29) is 11.8 Å². The molecule has 0 radical (unpaired) electrons. The van der Waals surface area contributed by atoms with Gasteiger partial charge in [0.2, 0.25) is 11.8 Å². The van der Waals surface area contributed by atoms with Gasteiger partial charge < -0.3 is 10.2 Å². The Balaban J connectivity index is 1.81. The average Bonchev–Trinajstić information content (AvgIpc) is 2.84. The summed E-state index contributed by atoms with van der Waals surface area (Å²) < 4.78 is 0. The van der Waals surface area contributed by atoms with E-state index in [1.807, 2.05) is 100 Å². The highest BCUT2D eigenvalue weighted by molar-refractivity contribution is 7.99. The molecule has 1 N–H and O–H groups in total. The van der Waals surface area contributed by atoms with E-state index < -0.39 is 11.6 Å². The zero-order valence-corrected chi connectivity index (χ0v) is 23.7. The lowest BCUT2D eigenvalue weighted by molar-refractivity contribution is -0.142. The molecule has 3 rings (SSSR count). The molecule has 0 saturated heterocycles. The number of amides is 2. The fraction of sp³-hybridized carbons (Fsp3) is 0.355. The number of nitrogens with one attached hydrogen (secondary N) is 1. The van der Waals surface area contributed by atoms with Crippen molar-refractivity contribution in [2.45, 2.75) is 70.0 Å². The number of carbonyl (C=O) groups excluding carboxylic acids is 2. The van der Waals surface area contributed by atoms with Crippen LogP contribution in [-0.4, -0.2) is 34.0 Å². The van der Waals surface area contributed by atoms with E-state index >= 15 is 0 Å². The molecule has 0 aliphatic rings. The Morgan fingerprint density at radius 3 is 2.27 bits per heavy atom. The van der Waals surface area contributed by atoms with Gasteiger partial charge in [0.1, 0.15) is 6.04 Å². The number of benzene rings is 3. The second-order valence-electron chi connectivity index (χ2n) is 10.4. The molecule has 6 heteroatoms. The van der Waals surface area contributed by atoms with Crippen molar-refractivity contribution in [1.29, 1.82) is 0 Å². The van der Waals surface area contributed by atoms with E-state index in [1.165, 1.54) is 0 Å². The third-order valence-corrected chi connectivity index (χ3v) is 7.17. The molecule has 0 aromatic heterocycles. The largest absolute Gasteiger partial charge is 0.350 e. The van der Waals surface area contributed by atoms with Gasteiger partial charge in [-0.3, -0.25) is 9.59 Å². The summed E-state index contributed by atoms with van der Waals surface area (Å²) in [6, 6.07) is 25.2. The molecule has 0 heterocycles. The number of nitrogens with zero attached hydrogens (tertiary/aromatic N) is 1. The first-order valence-electron chi connectivity index (χ1n) is 12.7. The van der Waals surface area contributed by atoms with Crippen LogP contribution in [-0.2, 0) is 22.6 Å². The van der Waals surface area contributed by atoms with Crippen LogP contribution in [0.4, 0.5) is 0 Å². The third kappa shape index (κ3) is 9.90. The van der Waals surface area contributed by atoms with Crippen molar-refractivity contribution in [3.63, 3.8) is 0 Å². The molecule has 0 spiro atoms. The van der Waals surface area contributed by atoms with E-state index in [0.717, 1.165) is 33.8 Å². The van der Waals surface area contributed by atoms with E-state index in [2.05, 4.69) is 11.4 Å². The number of hydrogen-bond acceptors (Lipinski definition) is 3. The first kappa shape index (κ1) is 28.8. The summed E-state index contributed by atoms with van der Waals surface area (Å²) in [6.07, 6.45) is 1.55. The quantitative estimate of drug-likeness (QED) is 0.210. The average molecular weight is 537 g/mol. The number of rotatable bonds is 11. The minimum atomic E-state index is -0.612. The molecule has 196 valence electrons. The predicted molar refractivity (Wildman–Crippen MR) is 155 cm³/mol. The van der Waals surface area contributed by atoms with Crippen molar-refractivity contribution in [1.82, 2.24) is 10.2 Å². The Labute approximate surface area is 230 Å². The summed E-state index contributed by atoms with van der Waals surface area (Å²) in [5.74, 6) is 0.666. The molecule has 2 amide bonds. The van der Waals surface area contributed by atoms with Crippen LogP contribution in [0.1, 0.15) is 50.3 Å². The van der Waals surface area contributed by atoms with Crippen molar-refractivity contribution in [3.8, 4) is 0 Å². The lowest BCUT2D eigenvalue weighted by atomic mass is 10.00. The Morgan fingerprint density at radius 2 is 1.62 bits per heavy atom. The number of hydrogen-bond donors (Lipinski definition) is 1. The molecule has 0 saturated carbocycles. The monoisotopic (exact) mass is 536 g/mol. The minimum Gasteiger partial charge on any atom is -0.350 e. The zero-order valence-electron chi connectivity index (χ0n) is 22.2. The van der Waals surface area contributed by atoms with Crippen LogP contribution in [0.15, 0.2) is 83.8 Å². The molecular weight excluding hydrogens is 500 g/mol. The summed E-state index contributed by atoms with van der Waals surface area (Å²) in [5, 5.41) is 3.83. The Bertz CT molecular complexity index is 1160. The van der Waals surface area contributed by atoms with Crippen molar-refractivity contribution in [2.24, 2.45) is 0 Å². The number of thioether (sulfide) groups is 1. The molecule has 0 bridgehead atoms. The Hall–Kier alpha value is -2.76. The van der Waals surface area contributed by atoms with Gasteiger partial charge in [-0.05, 0) is 75.3 Å². The fourth-order valence-corrected chi connectivity index (χ4v) is 5.08. The van der Waals surface area contributed by atoms with Crippen LogP contribution in [0.25, 0.3) is 0 Å². The molecule has 3 aromatic carbocycles. The summed E-state index contributed by atoms with van der Waals surface area (Å²) in [6.45, 7) is 8.32. The van der Waals surface area contributed by atoms with Gasteiger partial charge in [0.15, 0.2) is 0 Å². The molecule has 0 aliphatic heterocycles. The second kappa shape index (κ2) is 13.7. The van der Waals surface area contributed by atoms with Crippen LogP contribution in [0, 0.1) is 6.92 Å². The van der Waals surface area contributed by atoms with E-state index in [0.29, 0.717) is 24.4 Å². The highest BCUT2D eigenvalue weighted by Gasteiger charge is 2.32. The van der Waals surface area contributed by atoms with Gasteiger partial charge in [0, 0.05) is 34.8 Å². The second-order valence-corrected chi connectivity index (χ2v) is 12.0. The number of carbonyl (C=O) groups is 2. The smallest absolute Gasteiger partial charge is 0.243 e. The van der Waals surface area contributed by atoms with E-state index in [9.17, 15) is 9.59 Å². The summed E-state index contributed by atoms with van der Waals surface area (Å²) in [5.41, 5.74) is 2.77. The van der Waals surface area contributed by atoms with Gasteiger partial charge in [-0.15, -0.1) is 11.8 Å². The molecule has 4 nitrogen and oxygen atoms in total. The number of aryl methyl sites for hydroxylation is 1. The van der Waals surface area contributed by atoms with E-state index in [4.69, 9.17) is 11.6 Å². The summed E-state index contributed by atoms with van der Waals surface area (Å²) in [4.78, 5) is 30.2. The SMILES string of the molecule is Cc1cccc(CN(C(=O)CCCSc2ccc(Cl)cc2)[C@@H](Cc2ccccc2)C(=O)NC(C)(C)C)c1. The lowest BCUT2D eigenvalue weighted by Gasteiger charge is -2.34. The Morgan fingerprint density at radius 1 is 0.946 bits per heavy atom. The van der Waals surface area contributed by atoms with Crippen molar-refractivity contribution >= 4 is 35.2 Å². The predicted octanol–water partition coefficient (Wildman–Crippen LogP) is 7.08. The molecule has 1 atom stereocenters. The van der Waals surface area contributed by atoms with Gasteiger partial charge in [-0.2, -0.15) is 0 Å². The molecule has 0 aliphatic carbocycles. The standard InChI is InChI=1S/C31H37ClN2O2S/c1-23-10-8-13-25(20-23)22-34(29(35)14-9-19-37-27-17-15-26(32)16-18-27)28(30(36)33-31(2,3)4)21-24-11-6-5-7-12-24/h5-8,10-13,15-18,20,28H,9,14,19,21-22H2,1-4H3,(H,33,36)/t28-/m0/s1. The summed E-state index contributed by atoms with van der Waals surface area (Å²) in [7, 11) is 0. The van der Waals surface area contributed by atoms with Crippen molar-refractivity contribution < 1.29 is 9.59 Å². The normalized spacial score (nSPS) is 12.1. The fourth-order valence-electron chi connectivity index (χ4n) is 4.10. The highest BCUT2D eigenvalue weighted by Crippen LogP contribution is 2.23. The molecule has 0 unspecified atom stereocenters. The van der Waals surface area contributed by atoms with Gasteiger partial charge in [-0.25, -0.2) is 0 Å². The van der Waals surface area contributed by atoms with Gasteiger partial charge in [-0.1, -0.05) is 71.8 Å². The van der Waals surface area contributed by atoms with Crippen LogP contribution >= 0.6 is 23.4 Å². The van der Waals surface area contributed by atoms with Crippen LogP contribution < -0.4 is 5.32 Å². The lowest BCUT2D eigenvalue weighted by Crippen LogP contribution is -2.54. The van der Waals surface area contributed by atoms with Crippen molar-refractivity contribution in [3.05, 3.63) is 101 Å². The molecule has 3 aromatic rings. The van der Waals surface area contributed by atoms with Gasteiger partial charge >= 0.3 is 0 Å². The topological polar surface area (TPSA) is 49.4 Å². The maximum Gasteiger partial charge on any atom is 0.243 e. The Kier molecular flexibility index (Phi) is 10.7. The molecule has 0 fully saturated rings. The maximum absolute atomic E-state index is 13.7. The first-order chi connectivity index (χ1) is 17.6. The zero-order chi connectivity index (χ0) is 26.8. The third-order valence-electron chi connectivity index (χ3n) is 5.82. The van der Waals surface area contributed by atoms with Gasteiger partial charge in [0.05, 0.1) is 0 Å². The molecule has 37 heavy (non-hydrogen) atoms. The maximum atomic E-state index is 13.7. The van der Waals surface area contributed by atoms with Crippen molar-refractivity contribution in [2.75, 3.05) is 5.75 Å². The first-order valence-corrected chi connectivity index (χ1v) is 14.1. The van der Waals surface area contributed by atoms with Gasteiger partial charge in [0.25, 0.3) is 0 Å². The van der Waals surface area contributed by atoms with E-state index in [1.54, 1.807) is 16.7 Å².